The Morgan fingerprint density at radius 3 is 3.00 bits per heavy atom. The first-order chi connectivity index (χ1) is 6.72. The second-order valence-electron chi connectivity index (χ2n) is 3.01. The third kappa shape index (κ3) is 3.57. The molecule has 1 aromatic rings. The Hall–Kier alpha value is -1.36. The van der Waals surface area contributed by atoms with Gasteiger partial charge in [-0.1, -0.05) is 0 Å². The molecule has 1 rings (SSSR count). The highest BCUT2D eigenvalue weighted by molar-refractivity contribution is 5.36. The van der Waals surface area contributed by atoms with E-state index in [1.54, 1.807) is 20.1 Å². The monoisotopic (exact) mass is 197 g/mol. The van der Waals surface area contributed by atoms with Crippen molar-refractivity contribution in [2.75, 3.05) is 19.0 Å². The van der Waals surface area contributed by atoms with Crippen molar-refractivity contribution in [3.63, 3.8) is 0 Å². The molecule has 0 radical (unpaired) electrons. The molecule has 78 valence electrons. The summed E-state index contributed by atoms with van der Waals surface area (Å²) in [6.07, 6.45) is 1.82. The fraction of sp³-hybridized carbons (Fsp3) is 0.556. The number of aromatic nitrogens is 2. The Balaban J connectivity index is 2.42. The predicted octanol–water partition coefficient (Wildman–Crippen LogP) is 0.668. The van der Waals surface area contributed by atoms with Crippen molar-refractivity contribution in [2.24, 2.45) is 0 Å². The maximum absolute atomic E-state index is 9.03. The van der Waals surface area contributed by atoms with Crippen LogP contribution in [0.15, 0.2) is 12.4 Å². The van der Waals surface area contributed by atoms with Crippen LogP contribution >= 0.6 is 0 Å². The lowest BCUT2D eigenvalue weighted by Gasteiger charge is -2.07. The second-order valence-corrected chi connectivity index (χ2v) is 3.01. The van der Waals surface area contributed by atoms with Gasteiger partial charge >= 0.3 is 0 Å². The Morgan fingerprint density at radius 2 is 2.36 bits per heavy atom. The molecule has 0 fully saturated rings. The Labute approximate surface area is 83.2 Å². The molecule has 0 aliphatic heterocycles. The van der Waals surface area contributed by atoms with E-state index in [1.165, 1.54) is 6.33 Å². The van der Waals surface area contributed by atoms with Gasteiger partial charge in [0.1, 0.15) is 12.1 Å². The normalized spacial score (nSPS) is 12.2. The molecule has 0 saturated carbocycles. The van der Waals surface area contributed by atoms with Gasteiger partial charge in [0, 0.05) is 12.6 Å². The van der Waals surface area contributed by atoms with E-state index in [9.17, 15) is 0 Å². The number of aliphatic hydroxyl groups excluding tert-OH is 1. The number of anilines is 1. The van der Waals surface area contributed by atoms with Crippen molar-refractivity contribution in [1.29, 1.82) is 0 Å². The summed E-state index contributed by atoms with van der Waals surface area (Å²) in [6, 6.07) is 1.71. The number of hydrogen-bond acceptors (Lipinski definition) is 5. The van der Waals surface area contributed by atoms with Crippen LogP contribution in [-0.2, 0) is 0 Å². The predicted molar refractivity (Wildman–Crippen MR) is 53.4 cm³/mol. The molecule has 0 amide bonds. The molecule has 1 heterocycles. The second kappa shape index (κ2) is 5.39. The average molecular weight is 197 g/mol. The SMILES string of the molecule is COc1cc(NCCC(C)O)ncn1. The quantitative estimate of drug-likeness (QED) is 0.726. The summed E-state index contributed by atoms with van der Waals surface area (Å²) < 4.78 is 4.94. The zero-order valence-electron chi connectivity index (χ0n) is 8.40. The lowest BCUT2D eigenvalue weighted by Crippen LogP contribution is -2.10. The third-order valence-electron chi connectivity index (χ3n) is 1.72. The minimum absolute atomic E-state index is 0.300. The molecule has 5 heteroatoms. The summed E-state index contributed by atoms with van der Waals surface area (Å²) in [6.45, 7) is 2.43. The summed E-state index contributed by atoms with van der Waals surface area (Å²) in [4.78, 5) is 7.88. The van der Waals surface area contributed by atoms with Gasteiger partial charge in [0.15, 0.2) is 0 Å². The molecule has 14 heavy (non-hydrogen) atoms. The van der Waals surface area contributed by atoms with E-state index in [2.05, 4.69) is 15.3 Å². The van der Waals surface area contributed by atoms with E-state index >= 15 is 0 Å². The van der Waals surface area contributed by atoms with Gasteiger partial charge in [-0.2, -0.15) is 0 Å². The molecule has 2 N–H and O–H groups in total. The molecule has 0 spiro atoms. The van der Waals surface area contributed by atoms with Gasteiger partial charge in [-0.05, 0) is 13.3 Å². The highest BCUT2D eigenvalue weighted by atomic mass is 16.5. The van der Waals surface area contributed by atoms with Crippen LogP contribution < -0.4 is 10.1 Å². The highest BCUT2D eigenvalue weighted by Gasteiger charge is 1.98. The van der Waals surface area contributed by atoms with Gasteiger partial charge in [0.2, 0.25) is 5.88 Å². The number of ether oxygens (including phenoxy) is 1. The molecule has 1 aromatic heterocycles. The maximum atomic E-state index is 9.03. The minimum Gasteiger partial charge on any atom is -0.481 e. The van der Waals surface area contributed by atoms with Crippen LogP contribution in [-0.4, -0.2) is 34.8 Å². The number of hydrogen-bond donors (Lipinski definition) is 2. The lowest BCUT2D eigenvalue weighted by atomic mass is 10.3. The van der Waals surface area contributed by atoms with Crippen molar-refractivity contribution in [2.45, 2.75) is 19.4 Å². The lowest BCUT2D eigenvalue weighted by molar-refractivity contribution is 0.188. The standard InChI is InChI=1S/C9H15N3O2/c1-7(13)3-4-10-8-5-9(14-2)12-6-11-8/h5-7,13H,3-4H2,1-2H3,(H,10,11,12). The van der Waals surface area contributed by atoms with Crippen LogP contribution in [0.1, 0.15) is 13.3 Å². The average Bonchev–Trinajstić information content (AvgIpc) is 2.18. The van der Waals surface area contributed by atoms with E-state index in [0.29, 0.717) is 24.7 Å². The third-order valence-corrected chi connectivity index (χ3v) is 1.72. The van der Waals surface area contributed by atoms with E-state index in [4.69, 9.17) is 9.84 Å². The minimum atomic E-state index is -0.300. The first-order valence-corrected chi connectivity index (χ1v) is 4.50. The largest absolute Gasteiger partial charge is 0.481 e. The van der Waals surface area contributed by atoms with Crippen LogP contribution in [0.4, 0.5) is 5.82 Å². The van der Waals surface area contributed by atoms with Crippen molar-refractivity contribution in [3.05, 3.63) is 12.4 Å². The van der Waals surface area contributed by atoms with Crippen LogP contribution in [0.2, 0.25) is 0 Å². The van der Waals surface area contributed by atoms with Gasteiger partial charge in [-0.25, -0.2) is 9.97 Å². The van der Waals surface area contributed by atoms with E-state index < -0.39 is 0 Å². The van der Waals surface area contributed by atoms with E-state index in [1.807, 2.05) is 0 Å². The zero-order valence-corrected chi connectivity index (χ0v) is 8.40. The molecule has 0 bridgehead atoms. The molecule has 1 atom stereocenters. The Bertz CT molecular complexity index is 279. The first-order valence-electron chi connectivity index (χ1n) is 4.50. The fourth-order valence-corrected chi connectivity index (χ4v) is 0.957. The summed E-state index contributed by atoms with van der Waals surface area (Å²) in [5.41, 5.74) is 0. The molecular formula is C9H15N3O2. The zero-order chi connectivity index (χ0) is 10.4. The van der Waals surface area contributed by atoms with Gasteiger partial charge in [0.05, 0.1) is 13.2 Å². The van der Waals surface area contributed by atoms with Crippen LogP contribution in [0.5, 0.6) is 5.88 Å². The van der Waals surface area contributed by atoms with Gasteiger partial charge < -0.3 is 15.2 Å². The van der Waals surface area contributed by atoms with Gasteiger partial charge in [-0.15, -0.1) is 0 Å². The van der Waals surface area contributed by atoms with E-state index in [-0.39, 0.29) is 6.10 Å². The fourth-order valence-electron chi connectivity index (χ4n) is 0.957. The smallest absolute Gasteiger partial charge is 0.218 e. The van der Waals surface area contributed by atoms with Crippen molar-refractivity contribution in [1.82, 2.24) is 9.97 Å². The molecule has 0 aliphatic rings. The Morgan fingerprint density at radius 1 is 1.57 bits per heavy atom. The van der Waals surface area contributed by atoms with Crippen LogP contribution in [0, 0.1) is 0 Å². The number of rotatable bonds is 5. The number of nitrogens with one attached hydrogen (secondary N) is 1. The Kier molecular flexibility index (Phi) is 4.12. The van der Waals surface area contributed by atoms with Crippen LogP contribution in [0.25, 0.3) is 0 Å². The number of nitrogens with zero attached hydrogens (tertiary/aromatic N) is 2. The van der Waals surface area contributed by atoms with Crippen molar-refractivity contribution < 1.29 is 9.84 Å². The molecule has 0 aromatic carbocycles. The molecule has 1 unspecified atom stereocenters. The van der Waals surface area contributed by atoms with Crippen molar-refractivity contribution >= 4 is 5.82 Å². The number of aliphatic hydroxyl groups is 1. The molecular weight excluding hydrogens is 182 g/mol. The summed E-state index contributed by atoms with van der Waals surface area (Å²) in [7, 11) is 1.56. The number of methoxy groups -OCH3 is 1. The molecule has 0 aliphatic carbocycles. The highest BCUT2D eigenvalue weighted by Crippen LogP contribution is 2.09. The molecule has 5 nitrogen and oxygen atoms in total. The van der Waals surface area contributed by atoms with Crippen LogP contribution in [0.3, 0.4) is 0 Å². The van der Waals surface area contributed by atoms with Crippen molar-refractivity contribution in [3.8, 4) is 5.88 Å². The van der Waals surface area contributed by atoms with Gasteiger partial charge in [-0.3, -0.25) is 0 Å². The summed E-state index contributed by atoms with van der Waals surface area (Å²) >= 11 is 0. The topological polar surface area (TPSA) is 67.3 Å². The molecule has 0 saturated heterocycles. The first kappa shape index (κ1) is 10.7. The summed E-state index contributed by atoms with van der Waals surface area (Å²) in [5.74, 6) is 1.23. The van der Waals surface area contributed by atoms with Gasteiger partial charge in [0.25, 0.3) is 0 Å². The maximum Gasteiger partial charge on any atom is 0.218 e. The van der Waals surface area contributed by atoms with E-state index in [0.717, 1.165) is 0 Å². The summed E-state index contributed by atoms with van der Waals surface area (Å²) in [5, 5.41) is 12.1.